The van der Waals surface area contributed by atoms with E-state index in [1.165, 1.54) is 19.1 Å². The Kier molecular flexibility index (Phi) is 5.81. The fraction of sp³-hybridized carbons (Fsp3) is 0.308. The minimum atomic E-state index is -0.549. The van der Waals surface area contributed by atoms with Gasteiger partial charge < -0.3 is 19.0 Å². The molecule has 2 aromatic carbocycles. The topological polar surface area (TPSA) is 51.9 Å². The molecule has 0 spiro atoms. The largest absolute Gasteiger partial charge is 0.495 e. The lowest BCUT2D eigenvalue weighted by atomic mass is 9.95. The fourth-order valence-corrected chi connectivity index (χ4v) is 4.54. The van der Waals surface area contributed by atoms with Gasteiger partial charge in [-0.05, 0) is 73.7 Å². The van der Waals surface area contributed by atoms with E-state index in [-0.39, 0.29) is 18.2 Å². The summed E-state index contributed by atoms with van der Waals surface area (Å²) >= 11 is 0. The van der Waals surface area contributed by atoms with Crippen molar-refractivity contribution < 1.29 is 18.4 Å². The maximum atomic E-state index is 14.3. The molecule has 3 heterocycles. The maximum Gasteiger partial charge on any atom is 0.172 e. The lowest BCUT2D eigenvalue weighted by molar-refractivity contribution is 0.0572. The first kappa shape index (κ1) is 22.1. The van der Waals surface area contributed by atoms with Crippen LogP contribution in [-0.2, 0) is 4.84 Å². The molecule has 1 saturated heterocycles. The quantitative estimate of drug-likeness (QED) is 0.523. The highest BCUT2D eigenvalue weighted by Crippen LogP contribution is 2.34. The highest BCUT2D eigenvalue weighted by atomic mass is 19.1. The van der Waals surface area contributed by atoms with Gasteiger partial charge in [-0.3, -0.25) is 0 Å². The Balaban J connectivity index is 1.46. The van der Waals surface area contributed by atoms with Gasteiger partial charge in [0.25, 0.3) is 0 Å². The Morgan fingerprint density at radius 1 is 1.15 bits per heavy atom. The van der Waals surface area contributed by atoms with Crippen molar-refractivity contribution in [2.75, 3.05) is 20.3 Å². The number of fused-ring (bicyclic) bond motifs is 1. The molecule has 0 unspecified atom stereocenters. The van der Waals surface area contributed by atoms with Crippen LogP contribution >= 0.6 is 0 Å². The predicted octanol–water partition coefficient (Wildman–Crippen LogP) is 5.34. The smallest absolute Gasteiger partial charge is 0.172 e. The van der Waals surface area contributed by atoms with E-state index in [0.717, 1.165) is 47.7 Å². The van der Waals surface area contributed by atoms with Crippen LogP contribution in [0.5, 0.6) is 5.75 Å². The van der Waals surface area contributed by atoms with E-state index < -0.39 is 11.6 Å². The number of nitrogens with zero attached hydrogens (tertiary/aromatic N) is 4. The van der Waals surface area contributed by atoms with Gasteiger partial charge in [0, 0.05) is 18.3 Å². The van der Waals surface area contributed by atoms with Gasteiger partial charge in [0.15, 0.2) is 5.84 Å². The second-order valence-corrected chi connectivity index (χ2v) is 8.66. The van der Waals surface area contributed by atoms with Gasteiger partial charge in [0.1, 0.15) is 24.0 Å². The molecule has 2 aliphatic heterocycles. The van der Waals surface area contributed by atoms with E-state index in [9.17, 15) is 8.78 Å². The fourth-order valence-electron chi connectivity index (χ4n) is 4.54. The van der Waals surface area contributed by atoms with Crippen molar-refractivity contribution in [3.8, 4) is 11.4 Å². The summed E-state index contributed by atoms with van der Waals surface area (Å²) in [5.41, 5.74) is 4.38. The third kappa shape index (κ3) is 4.04. The number of ether oxygens (including phenoxy) is 1. The SMILES string of the molecule is COc1cc(/C=C2\CCCN3C2=NOC[C@H]3c2cc(F)c(C)c(F)c2)ccc1-n1cnc(C)c1. The van der Waals surface area contributed by atoms with E-state index >= 15 is 0 Å². The molecule has 34 heavy (non-hydrogen) atoms. The number of aromatic nitrogens is 2. The van der Waals surface area contributed by atoms with Crippen LogP contribution in [0.2, 0.25) is 0 Å². The summed E-state index contributed by atoms with van der Waals surface area (Å²) < 4.78 is 36.1. The summed E-state index contributed by atoms with van der Waals surface area (Å²) in [6.07, 6.45) is 7.50. The number of amidine groups is 1. The molecule has 1 atom stereocenters. The summed E-state index contributed by atoms with van der Waals surface area (Å²) in [5.74, 6) is 0.334. The lowest BCUT2D eigenvalue weighted by Gasteiger charge is -2.40. The van der Waals surface area contributed by atoms with Crippen molar-refractivity contribution in [1.29, 1.82) is 0 Å². The van der Waals surface area contributed by atoms with Crippen molar-refractivity contribution in [3.63, 3.8) is 0 Å². The Bertz CT molecular complexity index is 1270. The molecule has 5 rings (SSSR count). The average molecular weight is 465 g/mol. The van der Waals surface area contributed by atoms with Crippen LogP contribution in [-0.4, -0.2) is 40.5 Å². The van der Waals surface area contributed by atoms with Crippen LogP contribution in [0.4, 0.5) is 8.78 Å². The molecule has 8 heteroatoms. The molecule has 0 aliphatic carbocycles. The molecular formula is C26H26F2N4O2. The summed E-state index contributed by atoms with van der Waals surface area (Å²) in [4.78, 5) is 11.9. The van der Waals surface area contributed by atoms with Crippen molar-refractivity contribution >= 4 is 11.9 Å². The minimum absolute atomic E-state index is 0.0249. The molecule has 0 bridgehead atoms. The van der Waals surface area contributed by atoms with E-state index in [1.54, 1.807) is 13.4 Å². The molecule has 0 saturated carbocycles. The van der Waals surface area contributed by atoms with Gasteiger partial charge in [-0.2, -0.15) is 0 Å². The van der Waals surface area contributed by atoms with Gasteiger partial charge in [-0.25, -0.2) is 13.8 Å². The zero-order chi connectivity index (χ0) is 23.8. The molecule has 6 nitrogen and oxygen atoms in total. The first-order chi connectivity index (χ1) is 16.4. The number of piperidine rings is 1. The van der Waals surface area contributed by atoms with Crippen LogP contribution < -0.4 is 4.74 Å². The molecule has 1 fully saturated rings. The Morgan fingerprint density at radius 2 is 1.94 bits per heavy atom. The van der Waals surface area contributed by atoms with Crippen molar-refractivity contribution in [1.82, 2.24) is 14.5 Å². The lowest BCUT2D eigenvalue weighted by Crippen LogP contribution is -2.44. The third-order valence-corrected chi connectivity index (χ3v) is 6.39. The third-order valence-electron chi connectivity index (χ3n) is 6.39. The van der Waals surface area contributed by atoms with E-state index in [4.69, 9.17) is 9.57 Å². The molecule has 3 aromatic rings. The van der Waals surface area contributed by atoms with Crippen molar-refractivity contribution in [2.45, 2.75) is 32.7 Å². The number of aryl methyl sites for hydroxylation is 1. The number of hydrogen-bond donors (Lipinski definition) is 0. The van der Waals surface area contributed by atoms with Crippen LogP contribution in [0.3, 0.4) is 0 Å². The van der Waals surface area contributed by atoms with Gasteiger partial charge >= 0.3 is 0 Å². The molecule has 176 valence electrons. The second kappa shape index (κ2) is 8.93. The van der Waals surface area contributed by atoms with Crippen LogP contribution in [0.15, 0.2) is 53.6 Å². The molecule has 0 radical (unpaired) electrons. The van der Waals surface area contributed by atoms with E-state index in [0.29, 0.717) is 11.4 Å². The van der Waals surface area contributed by atoms with Crippen LogP contribution in [0.25, 0.3) is 11.8 Å². The van der Waals surface area contributed by atoms with Gasteiger partial charge in [-0.1, -0.05) is 11.2 Å². The van der Waals surface area contributed by atoms with Crippen molar-refractivity contribution in [2.24, 2.45) is 5.16 Å². The Labute approximate surface area is 197 Å². The molecule has 0 amide bonds. The van der Waals surface area contributed by atoms with Crippen LogP contribution in [0, 0.1) is 25.5 Å². The Morgan fingerprint density at radius 3 is 2.65 bits per heavy atom. The molecule has 2 aliphatic rings. The second-order valence-electron chi connectivity index (χ2n) is 8.66. The van der Waals surface area contributed by atoms with Gasteiger partial charge in [0.05, 0.1) is 30.9 Å². The monoisotopic (exact) mass is 464 g/mol. The summed E-state index contributed by atoms with van der Waals surface area (Å²) in [7, 11) is 1.64. The zero-order valence-electron chi connectivity index (χ0n) is 19.4. The van der Waals surface area contributed by atoms with Crippen molar-refractivity contribution in [3.05, 3.63) is 82.4 Å². The van der Waals surface area contributed by atoms with Crippen LogP contribution in [0.1, 0.15) is 41.3 Å². The number of rotatable bonds is 4. The Hall–Kier alpha value is -3.68. The molecule has 0 N–H and O–H groups in total. The number of oxime groups is 1. The molecule has 1 aromatic heterocycles. The van der Waals surface area contributed by atoms with E-state index in [1.807, 2.05) is 35.9 Å². The van der Waals surface area contributed by atoms with Gasteiger partial charge in [-0.15, -0.1) is 0 Å². The number of benzene rings is 2. The highest BCUT2D eigenvalue weighted by molar-refractivity contribution is 6.03. The average Bonchev–Trinajstić information content (AvgIpc) is 3.28. The first-order valence-electron chi connectivity index (χ1n) is 11.3. The molecular weight excluding hydrogens is 438 g/mol. The minimum Gasteiger partial charge on any atom is -0.495 e. The summed E-state index contributed by atoms with van der Waals surface area (Å²) in [6.45, 7) is 4.36. The highest BCUT2D eigenvalue weighted by Gasteiger charge is 2.33. The first-order valence-corrected chi connectivity index (χ1v) is 11.3. The van der Waals surface area contributed by atoms with E-state index in [2.05, 4.69) is 21.1 Å². The normalized spacial score (nSPS) is 19.0. The number of imidazole rings is 1. The maximum absolute atomic E-state index is 14.3. The van der Waals surface area contributed by atoms with Gasteiger partial charge in [0.2, 0.25) is 0 Å². The summed E-state index contributed by atoms with van der Waals surface area (Å²) in [6, 6.07) is 8.48. The number of halogens is 2. The predicted molar refractivity (Wildman–Crippen MR) is 126 cm³/mol. The number of hydrogen-bond acceptors (Lipinski definition) is 5. The number of methoxy groups -OCH3 is 1. The zero-order valence-corrected chi connectivity index (χ0v) is 19.4. The standard InChI is InChI=1S/C26H26F2N4O2/c1-16-13-31(15-29-16)23-7-6-18(10-25(23)33-3)9-19-5-4-8-32-24(14-34-30-26(19)32)20-11-21(27)17(2)22(28)12-20/h6-7,9-13,15,24H,4-5,8,14H2,1-3H3/b19-9+/t24-/m0/s1. The summed E-state index contributed by atoms with van der Waals surface area (Å²) in [5, 5.41) is 4.32.